The van der Waals surface area contributed by atoms with Gasteiger partial charge in [-0.25, -0.2) is 13.4 Å². The lowest BCUT2D eigenvalue weighted by atomic mass is 10.1. The third kappa shape index (κ3) is 5.80. The first-order chi connectivity index (χ1) is 15.2. The standard InChI is InChI=1S/C22H27F2N3O4S/c1-3-32(29,30)19-9-6-16(7-10-19)15(2)26-21(28)17-8-11-20(25-13-17)27-12-4-5-18(27)14-31-22(23)24/h6-11,13,15,18,22H,3-5,12,14H2,1-2H3,(H,26,28)/t15-,18-/m0/s1. The molecular weight excluding hydrogens is 440 g/mol. The van der Waals surface area contributed by atoms with Crippen LogP contribution in [0, 0.1) is 0 Å². The molecule has 174 valence electrons. The predicted octanol–water partition coefficient (Wildman–Crippen LogP) is 3.57. The number of hydrogen-bond acceptors (Lipinski definition) is 6. The Morgan fingerprint density at radius 3 is 2.56 bits per heavy atom. The summed E-state index contributed by atoms with van der Waals surface area (Å²) in [5.41, 5.74) is 1.14. The Kier molecular flexibility index (Phi) is 7.78. The summed E-state index contributed by atoms with van der Waals surface area (Å²) in [6, 6.07) is 9.28. The van der Waals surface area contributed by atoms with Crippen LogP contribution in [0.1, 0.15) is 48.7 Å². The highest BCUT2D eigenvalue weighted by atomic mass is 32.2. The van der Waals surface area contributed by atoms with E-state index in [9.17, 15) is 22.0 Å². The minimum Gasteiger partial charge on any atom is -0.351 e. The van der Waals surface area contributed by atoms with Gasteiger partial charge in [-0.05, 0) is 49.6 Å². The zero-order valence-corrected chi connectivity index (χ0v) is 18.8. The molecule has 0 saturated carbocycles. The summed E-state index contributed by atoms with van der Waals surface area (Å²) in [7, 11) is -3.27. The second-order valence-corrected chi connectivity index (χ2v) is 9.93. The number of pyridine rings is 1. The molecule has 1 saturated heterocycles. The van der Waals surface area contributed by atoms with Crippen molar-refractivity contribution in [2.75, 3.05) is 23.8 Å². The molecule has 7 nitrogen and oxygen atoms in total. The molecule has 1 aliphatic heterocycles. The second-order valence-electron chi connectivity index (χ2n) is 7.66. The number of ether oxygens (including phenoxy) is 1. The van der Waals surface area contributed by atoms with Crippen LogP contribution in [0.3, 0.4) is 0 Å². The van der Waals surface area contributed by atoms with E-state index in [4.69, 9.17) is 0 Å². The summed E-state index contributed by atoms with van der Waals surface area (Å²) in [6.45, 7) is 1.21. The minimum atomic E-state index is -3.27. The Morgan fingerprint density at radius 1 is 1.25 bits per heavy atom. The van der Waals surface area contributed by atoms with Crippen LogP contribution < -0.4 is 10.2 Å². The molecule has 2 atom stereocenters. The molecule has 32 heavy (non-hydrogen) atoms. The van der Waals surface area contributed by atoms with Crippen LogP contribution in [0.4, 0.5) is 14.6 Å². The first-order valence-electron chi connectivity index (χ1n) is 10.5. The van der Waals surface area contributed by atoms with Crippen molar-refractivity contribution >= 4 is 21.6 Å². The average Bonchev–Trinajstić information content (AvgIpc) is 3.26. The number of benzene rings is 1. The second kappa shape index (κ2) is 10.4. The third-order valence-electron chi connectivity index (χ3n) is 5.56. The molecule has 2 aromatic rings. The van der Waals surface area contributed by atoms with Crippen molar-refractivity contribution in [2.24, 2.45) is 0 Å². The van der Waals surface area contributed by atoms with Crippen molar-refractivity contribution in [3.05, 3.63) is 53.7 Å². The molecule has 3 rings (SSSR count). The maximum Gasteiger partial charge on any atom is 0.345 e. The number of carbonyl (C=O) groups excluding carboxylic acids is 1. The van der Waals surface area contributed by atoms with Crippen LogP contribution in [-0.2, 0) is 14.6 Å². The average molecular weight is 468 g/mol. The zero-order valence-electron chi connectivity index (χ0n) is 18.0. The molecule has 0 spiro atoms. The number of nitrogens with zero attached hydrogens (tertiary/aromatic N) is 2. The number of alkyl halides is 2. The fraction of sp³-hybridized carbons (Fsp3) is 0.455. The van der Waals surface area contributed by atoms with Gasteiger partial charge in [0.25, 0.3) is 5.91 Å². The van der Waals surface area contributed by atoms with Gasteiger partial charge < -0.3 is 15.0 Å². The monoisotopic (exact) mass is 467 g/mol. The maximum atomic E-state index is 12.6. The van der Waals surface area contributed by atoms with Gasteiger partial charge in [-0.15, -0.1) is 0 Å². The number of anilines is 1. The van der Waals surface area contributed by atoms with Crippen LogP contribution in [0.2, 0.25) is 0 Å². The molecule has 1 N–H and O–H groups in total. The lowest BCUT2D eigenvalue weighted by Gasteiger charge is -2.25. The van der Waals surface area contributed by atoms with Crippen molar-refractivity contribution in [3.63, 3.8) is 0 Å². The largest absolute Gasteiger partial charge is 0.351 e. The number of amides is 1. The van der Waals surface area contributed by atoms with Crippen LogP contribution in [-0.4, -0.2) is 50.9 Å². The van der Waals surface area contributed by atoms with Gasteiger partial charge in [0.05, 0.1) is 34.9 Å². The van der Waals surface area contributed by atoms with E-state index in [2.05, 4.69) is 15.0 Å². The fourth-order valence-electron chi connectivity index (χ4n) is 3.68. The summed E-state index contributed by atoms with van der Waals surface area (Å²) >= 11 is 0. The lowest BCUT2D eigenvalue weighted by molar-refractivity contribution is -0.131. The van der Waals surface area contributed by atoms with Gasteiger partial charge in [0.1, 0.15) is 5.82 Å². The quantitative estimate of drug-likeness (QED) is 0.607. The molecule has 0 bridgehead atoms. The van der Waals surface area contributed by atoms with Crippen molar-refractivity contribution in [2.45, 2.75) is 50.3 Å². The van der Waals surface area contributed by atoms with Gasteiger partial charge in [-0.3, -0.25) is 4.79 Å². The molecule has 2 heterocycles. The molecule has 1 amide bonds. The first-order valence-corrected chi connectivity index (χ1v) is 12.1. The molecule has 0 unspecified atom stereocenters. The molecular formula is C22H27F2N3O4S. The van der Waals surface area contributed by atoms with Crippen LogP contribution >= 0.6 is 0 Å². The van der Waals surface area contributed by atoms with Crippen molar-refractivity contribution in [3.8, 4) is 0 Å². The molecule has 0 radical (unpaired) electrons. The Labute approximate surface area is 186 Å². The number of carbonyl (C=O) groups is 1. The number of hydrogen-bond donors (Lipinski definition) is 1. The van der Waals surface area contributed by atoms with E-state index < -0.39 is 16.4 Å². The smallest absolute Gasteiger partial charge is 0.345 e. The Morgan fingerprint density at radius 2 is 1.97 bits per heavy atom. The number of sulfone groups is 1. The molecule has 1 aromatic carbocycles. The van der Waals surface area contributed by atoms with Crippen LogP contribution in [0.5, 0.6) is 0 Å². The van der Waals surface area contributed by atoms with E-state index in [0.717, 1.165) is 18.4 Å². The first kappa shape index (κ1) is 24.1. The number of halogens is 2. The lowest BCUT2D eigenvalue weighted by Crippen LogP contribution is -2.34. The highest BCUT2D eigenvalue weighted by Gasteiger charge is 2.27. The van der Waals surface area contributed by atoms with E-state index in [0.29, 0.717) is 17.9 Å². The fourth-order valence-corrected chi connectivity index (χ4v) is 4.56. The van der Waals surface area contributed by atoms with E-state index in [-0.39, 0.29) is 35.2 Å². The van der Waals surface area contributed by atoms with E-state index in [1.807, 2.05) is 4.90 Å². The molecule has 0 aliphatic carbocycles. The summed E-state index contributed by atoms with van der Waals surface area (Å²) in [6.07, 6.45) is 3.06. The van der Waals surface area contributed by atoms with Gasteiger partial charge in [0.15, 0.2) is 9.84 Å². The van der Waals surface area contributed by atoms with Gasteiger partial charge in [0.2, 0.25) is 0 Å². The SMILES string of the molecule is CCS(=O)(=O)c1ccc([C@H](C)NC(=O)c2ccc(N3CCC[C@H]3COC(F)F)nc2)cc1. The van der Waals surface area contributed by atoms with Gasteiger partial charge in [-0.1, -0.05) is 19.1 Å². The molecule has 10 heteroatoms. The van der Waals surface area contributed by atoms with Crippen molar-refractivity contribution in [1.29, 1.82) is 0 Å². The third-order valence-corrected chi connectivity index (χ3v) is 7.31. The van der Waals surface area contributed by atoms with E-state index in [1.54, 1.807) is 38.1 Å². The van der Waals surface area contributed by atoms with E-state index >= 15 is 0 Å². The van der Waals surface area contributed by atoms with Crippen LogP contribution in [0.25, 0.3) is 0 Å². The Hall–Kier alpha value is -2.59. The predicted molar refractivity (Wildman–Crippen MR) is 117 cm³/mol. The number of rotatable bonds is 9. The van der Waals surface area contributed by atoms with Gasteiger partial charge in [0, 0.05) is 12.7 Å². The van der Waals surface area contributed by atoms with Crippen LogP contribution in [0.15, 0.2) is 47.5 Å². The van der Waals surface area contributed by atoms with Crippen molar-refractivity contribution in [1.82, 2.24) is 10.3 Å². The minimum absolute atomic E-state index is 0.0268. The molecule has 1 fully saturated rings. The van der Waals surface area contributed by atoms with Gasteiger partial charge in [-0.2, -0.15) is 8.78 Å². The zero-order chi connectivity index (χ0) is 23.3. The van der Waals surface area contributed by atoms with E-state index in [1.165, 1.54) is 18.3 Å². The number of nitrogens with one attached hydrogen (secondary N) is 1. The normalized spacial score (nSPS) is 17.5. The number of aromatic nitrogens is 1. The molecule has 1 aliphatic rings. The molecule has 1 aromatic heterocycles. The summed E-state index contributed by atoms with van der Waals surface area (Å²) in [5.74, 6) is 0.322. The highest BCUT2D eigenvalue weighted by molar-refractivity contribution is 7.91. The topological polar surface area (TPSA) is 88.6 Å². The summed E-state index contributed by atoms with van der Waals surface area (Å²) < 4.78 is 53.0. The summed E-state index contributed by atoms with van der Waals surface area (Å²) in [5, 5.41) is 2.87. The van der Waals surface area contributed by atoms with Crippen molar-refractivity contribution < 1.29 is 26.7 Å². The van der Waals surface area contributed by atoms with Gasteiger partial charge >= 0.3 is 6.61 Å². The highest BCUT2D eigenvalue weighted by Crippen LogP contribution is 2.25. The Bertz CT molecular complexity index is 1010. The summed E-state index contributed by atoms with van der Waals surface area (Å²) in [4.78, 5) is 19.1. The Balaban J connectivity index is 1.62. The maximum absolute atomic E-state index is 12.6.